The summed E-state index contributed by atoms with van der Waals surface area (Å²) in [5.74, 6) is -0.566. The first-order valence-electron chi connectivity index (χ1n) is 5.73. The number of pyridine rings is 1. The molecule has 0 saturated heterocycles. The van der Waals surface area contributed by atoms with E-state index in [1.807, 2.05) is 0 Å². The number of carbonyl (C=O) groups is 1. The number of carbonyl (C=O) groups excluding carboxylic acids is 1. The van der Waals surface area contributed by atoms with Crippen LogP contribution in [0.1, 0.15) is 17.4 Å². The number of esters is 1. The summed E-state index contributed by atoms with van der Waals surface area (Å²) in [6.45, 7) is 1.87. The number of nitrogens with zero attached hydrogens (tertiary/aromatic N) is 4. The van der Waals surface area contributed by atoms with Crippen LogP contribution in [0.15, 0.2) is 24.5 Å². The maximum atomic E-state index is 11.7. The molecule has 0 aliphatic heterocycles. The molecule has 0 fully saturated rings. The lowest BCUT2D eigenvalue weighted by atomic mass is 10.1. The molecule has 0 aliphatic carbocycles. The standard InChI is InChI=1S/C12H14N4O3/c1-8(17)7-16-11(9-3-5-13-6-4-9)10(14-15-16)12(18)19-2/h3-6,8,17H,7H2,1-2H3. The summed E-state index contributed by atoms with van der Waals surface area (Å²) in [6, 6.07) is 3.48. The van der Waals surface area contributed by atoms with E-state index in [0.717, 1.165) is 5.56 Å². The van der Waals surface area contributed by atoms with Gasteiger partial charge in [-0.15, -0.1) is 5.10 Å². The highest BCUT2D eigenvalue weighted by Crippen LogP contribution is 2.22. The number of methoxy groups -OCH3 is 1. The van der Waals surface area contributed by atoms with Gasteiger partial charge in [0.1, 0.15) is 5.69 Å². The fourth-order valence-electron chi connectivity index (χ4n) is 1.72. The molecule has 1 unspecified atom stereocenters. The molecular weight excluding hydrogens is 248 g/mol. The minimum Gasteiger partial charge on any atom is -0.464 e. The molecule has 0 spiro atoms. The van der Waals surface area contributed by atoms with Crippen molar-refractivity contribution in [2.45, 2.75) is 19.6 Å². The molecule has 0 radical (unpaired) electrons. The zero-order valence-electron chi connectivity index (χ0n) is 10.6. The van der Waals surface area contributed by atoms with Crippen molar-refractivity contribution < 1.29 is 14.6 Å². The van der Waals surface area contributed by atoms with E-state index in [4.69, 9.17) is 0 Å². The van der Waals surface area contributed by atoms with Gasteiger partial charge in [-0.1, -0.05) is 5.21 Å². The van der Waals surface area contributed by atoms with Crippen LogP contribution in [0.4, 0.5) is 0 Å². The summed E-state index contributed by atoms with van der Waals surface area (Å²) in [5.41, 5.74) is 1.37. The van der Waals surface area contributed by atoms with E-state index in [1.165, 1.54) is 11.8 Å². The molecule has 0 aliphatic rings. The molecule has 7 heteroatoms. The monoisotopic (exact) mass is 262 g/mol. The van der Waals surface area contributed by atoms with E-state index in [2.05, 4.69) is 20.0 Å². The fourth-order valence-corrected chi connectivity index (χ4v) is 1.72. The highest BCUT2D eigenvalue weighted by Gasteiger charge is 2.22. The molecule has 2 aromatic rings. The number of hydrogen-bond donors (Lipinski definition) is 1. The van der Waals surface area contributed by atoms with Crippen molar-refractivity contribution in [3.8, 4) is 11.3 Å². The topological polar surface area (TPSA) is 90.1 Å². The number of rotatable bonds is 4. The lowest BCUT2D eigenvalue weighted by Crippen LogP contribution is -2.14. The van der Waals surface area contributed by atoms with Gasteiger partial charge in [0.05, 0.1) is 19.8 Å². The van der Waals surface area contributed by atoms with Crippen molar-refractivity contribution >= 4 is 5.97 Å². The molecule has 2 aromatic heterocycles. The van der Waals surface area contributed by atoms with Gasteiger partial charge in [-0.05, 0) is 19.1 Å². The van der Waals surface area contributed by atoms with Gasteiger partial charge in [0.2, 0.25) is 0 Å². The van der Waals surface area contributed by atoms with Crippen LogP contribution in [0.2, 0.25) is 0 Å². The molecule has 0 amide bonds. The fraction of sp³-hybridized carbons (Fsp3) is 0.333. The predicted octanol–water partition coefficient (Wildman–Crippen LogP) is 0.508. The van der Waals surface area contributed by atoms with E-state index in [0.29, 0.717) is 5.69 Å². The van der Waals surface area contributed by atoms with Gasteiger partial charge >= 0.3 is 5.97 Å². The van der Waals surface area contributed by atoms with Gasteiger partial charge in [-0.25, -0.2) is 9.48 Å². The number of aromatic nitrogens is 4. The van der Waals surface area contributed by atoms with Gasteiger partial charge in [-0.2, -0.15) is 0 Å². The Balaban J connectivity index is 2.53. The van der Waals surface area contributed by atoms with Crippen LogP contribution < -0.4 is 0 Å². The largest absolute Gasteiger partial charge is 0.464 e. The molecule has 0 bridgehead atoms. The first-order valence-corrected chi connectivity index (χ1v) is 5.73. The zero-order chi connectivity index (χ0) is 13.8. The maximum Gasteiger partial charge on any atom is 0.360 e. The summed E-state index contributed by atoms with van der Waals surface area (Å²) in [5, 5.41) is 17.2. The molecule has 100 valence electrons. The molecule has 7 nitrogen and oxygen atoms in total. The Morgan fingerprint density at radius 3 is 2.74 bits per heavy atom. The summed E-state index contributed by atoms with van der Waals surface area (Å²) < 4.78 is 6.16. The van der Waals surface area contributed by atoms with Crippen molar-refractivity contribution in [1.82, 2.24) is 20.0 Å². The number of hydrogen-bond acceptors (Lipinski definition) is 6. The minimum atomic E-state index is -0.604. The number of aliphatic hydroxyl groups excluding tert-OH is 1. The SMILES string of the molecule is COC(=O)c1nnn(CC(C)O)c1-c1ccncc1. The first-order chi connectivity index (χ1) is 9.13. The Hall–Kier alpha value is -2.28. The second kappa shape index (κ2) is 5.57. The lowest BCUT2D eigenvalue weighted by Gasteiger charge is -2.09. The Kier molecular flexibility index (Phi) is 3.86. The third kappa shape index (κ3) is 2.76. The minimum absolute atomic E-state index is 0.120. The van der Waals surface area contributed by atoms with Crippen LogP contribution in [0.25, 0.3) is 11.3 Å². The third-order valence-electron chi connectivity index (χ3n) is 2.50. The van der Waals surface area contributed by atoms with Crippen molar-refractivity contribution in [2.75, 3.05) is 7.11 Å². The van der Waals surface area contributed by atoms with Gasteiger partial charge in [-0.3, -0.25) is 4.98 Å². The van der Waals surface area contributed by atoms with E-state index >= 15 is 0 Å². The Bertz CT molecular complexity index is 566. The third-order valence-corrected chi connectivity index (χ3v) is 2.50. The number of aliphatic hydroxyl groups is 1. The van der Waals surface area contributed by atoms with Gasteiger partial charge in [0, 0.05) is 18.0 Å². The van der Waals surface area contributed by atoms with Crippen LogP contribution in [0.5, 0.6) is 0 Å². The highest BCUT2D eigenvalue weighted by molar-refractivity contribution is 5.93. The summed E-state index contributed by atoms with van der Waals surface area (Å²) in [7, 11) is 1.28. The zero-order valence-corrected chi connectivity index (χ0v) is 10.6. The summed E-state index contributed by atoms with van der Waals surface area (Å²) >= 11 is 0. The second-order valence-corrected chi connectivity index (χ2v) is 4.05. The maximum absolute atomic E-state index is 11.7. The van der Waals surface area contributed by atoms with Crippen LogP contribution in [0.3, 0.4) is 0 Å². The summed E-state index contributed by atoms with van der Waals surface area (Å²) in [4.78, 5) is 15.6. The van der Waals surface area contributed by atoms with Gasteiger partial charge in [0.15, 0.2) is 5.69 Å². The van der Waals surface area contributed by atoms with Crippen molar-refractivity contribution in [3.05, 3.63) is 30.2 Å². The van der Waals surface area contributed by atoms with E-state index in [9.17, 15) is 9.90 Å². The van der Waals surface area contributed by atoms with Crippen LogP contribution in [0, 0.1) is 0 Å². The smallest absolute Gasteiger partial charge is 0.360 e. The molecule has 2 heterocycles. The molecule has 2 rings (SSSR count). The Labute approximate surface area is 109 Å². The van der Waals surface area contributed by atoms with Crippen LogP contribution in [-0.4, -0.2) is 44.3 Å². The average molecular weight is 262 g/mol. The average Bonchev–Trinajstić information content (AvgIpc) is 2.81. The molecule has 0 aromatic carbocycles. The van der Waals surface area contributed by atoms with Crippen molar-refractivity contribution in [3.63, 3.8) is 0 Å². The van der Waals surface area contributed by atoms with Crippen LogP contribution in [-0.2, 0) is 11.3 Å². The molecular formula is C12H14N4O3. The van der Waals surface area contributed by atoms with E-state index in [-0.39, 0.29) is 12.2 Å². The predicted molar refractivity (Wildman–Crippen MR) is 66.3 cm³/mol. The first kappa shape index (κ1) is 13.2. The molecule has 1 N–H and O–H groups in total. The second-order valence-electron chi connectivity index (χ2n) is 4.05. The summed E-state index contributed by atoms with van der Waals surface area (Å²) in [6.07, 6.45) is 2.61. The highest BCUT2D eigenvalue weighted by atomic mass is 16.5. The van der Waals surface area contributed by atoms with Crippen molar-refractivity contribution in [2.24, 2.45) is 0 Å². The number of ether oxygens (including phenoxy) is 1. The van der Waals surface area contributed by atoms with Gasteiger partial charge in [0.25, 0.3) is 0 Å². The molecule has 19 heavy (non-hydrogen) atoms. The quantitative estimate of drug-likeness (QED) is 0.807. The molecule has 0 saturated carbocycles. The molecule has 1 atom stereocenters. The van der Waals surface area contributed by atoms with E-state index in [1.54, 1.807) is 31.5 Å². The Morgan fingerprint density at radius 1 is 1.47 bits per heavy atom. The van der Waals surface area contributed by atoms with E-state index < -0.39 is 12.1 Å². The normalized spacial score (nSPS) is 12.2. The lowest BCUT2D eigenvalue weighted by molar-refractivity contribution is 0.0594. The van der Waals surface area contributed by atoms with Crippen LogP contribution >= 0.6 is 0 Å². The van der Waals surface area contributed by atoms with Gasteiger partial charge < -0.3 is 9.84 Å². The Morgan fingerprint density at radius 2 is 2.16 bits per heavy atom. The van der Waals surface area contributed by atoms with Crippen molar-refractivity contribution in [1.29, 1.82) is 0 Å².